The molecule has 5 N–H and O–H groups in total. The Morgan fingerprint density at radius 1 is 0.318 bits per heavy atom. The van der Waals surface area contributed by atoms with Crippen LogP contribution in [-0.4, -0.2) is 209 Å². The SMILES string of the molecule is C=C1NC[C@H](C)Oc2c(F)cc(F)cc2CN2c3nc4c1cnn4cc3OC[C@H]2C.C=C1NC[C@H](C)Oc2ccc(F)cc2CN2c3nc4c1cnn4cc3OC[C@H]2CC.C=C1NC[C@H](C)Oc2ncc(F)cc2CN2c3nc4c1cnn4cc3OC[C@H]2C.C=C1NC[C@H](C)Oc2ncc(F)cc2CN2c3nc4c1cnn4cc3OC[C@H]2CC.C=C1N[C@H](C)COc2ccc(F)cc2CN2c3nc4c1cnn4cc3OC[C@H]2C. The van der Waals surface area contributed by atoms with Crippen molar-refractivity contribution in [1.29, 1.82) is 0 Å². The molecule has 148 heavy (non-hydrogen) atoms. The fourth-order valence-corrected chi connectivity index (χ4v) is 19.0. The third kappa shape index (κ3) is 19.5. The summed E-state index contributed by atoms with van der Waals surface area (Å²) in [4.78, 5) is 43.2. The molecule has 22 heterocycles. The van der Waals surface area contributed by atoms with E-state index in [0.717, 1.165) is 75.1 Å². The predicted molar refractivity (Wildman–Crippen MR) is 543 cm³/mol. The molecule has 0 radical (unpaired) electrons. The zero-order valence-electron chi connectivity index (χ0n) is 83.2. The Hall–Kier alpha value is -16.7. The lowest BCUT2D eigenvalue weighted by atomic mass is 10.1. The van der Waals surface area contributed by atoms with Crippen molar-refractivity contribution in [2.75, 3.05) is 90.3 Å². The molecule has 0 saturated heterocycles. The van der Waals surface area contributed by atoms with Gasteiger partial charge in [0.1, 0.15) is 105 Å². The van der Waals surface area contributed by atoms with Crippen molar-refractivity contribution in [3.63, 3.8) is 0 Å². The second kappa shape index (κ2) is 40.4. The molecule has 0 amide bonds. The van der Waals surface area contributed by atoms with Gasteiger partial charge in [-0.2, -0.15) is 25.5 Å². The summed E-state index contributed by atoms with van der Waals surface area (Å²) < 4.78 is 153. The second-order valence-corrected chi connectivity index (χ2v) is 38.2. The van der Waals surface area contributed by atoms with E-state index in [-0.39, 0.29) is 84.6 Å². The van der Waals surface area contributed by atoms with E-state index in [4.69, 9.17) is 72.3 Å². The zero-order valence-corrected chi connectivity index (χ0v) is 83.2. The van der Waals surface area contributed by atoms with Crippen LogP contribution < -0.4 is 98.5 Å². The Morgan fingerprint density at radius 3 is 1.03 bits per heavy atom. The molecule has 10 atom stereocenters. The van der Waals surface area contributed by atoms with Crippen LogP contribution in [0.1, 0.15) is 138 Å². The number of pyridine rings is 2. The summed E-state index contributed by atoms with van der Waals surface area (Å²) >= 11 is 0. The molecule has 768 valence electrons. The van der Waals surface area contributed by atoms with Crippen LogP contribution in [0.3, 0.4) is 0 Å². The molecular weight excluding hydrogens is 1910 g/mol. The van der Waals surface area contributed by atoms with Gasteiger partial charge in [-0.1, -0.05) is 46.7 Å². The lowest BCUT2D eigenvalue weighted by Crippen LogP contribution is -2.43. The molecule has 10 bridgehead atoms. The van der Waals surface area contributed by atoms with Gasteiger partial charge in [-0.25, -0.2) is 83.8 Å². The summed E-state index contributed by atoms with van der Waals surface area (Å²) in [6.45, 7) is 47.3. The van der Waals surface area contributed by atoms with Gasteiger partial charge < -0.3 is 98.5 Å². The third-order valence-electron chi connectivity index (χ3n) is 27.1. The minimum absolute atomic E-state index is 0.0103. The van der Waals surface area contributed by atoms with E-state index >= 15 is 0 Å². The summed E-state index contributed by atoms with van der Waals surface area (Å²) in [7, 11) is 0. The lowest BCUT2D eigenvalue weighted by molar-refractivity contribution is 0.210. The van der Waals surface area contributed by atoms with E-state index in [1.807, 2.05) is 78.2 Å². The van der Waals surface area contributed by atoms with Gasteiger partial charge in [0, 0.05) is 82.0 Å². The van der Waals surface area contributed by atoms with Gasteiger partial charge in [0.05, 0.1) is 178 Å². The number of ether oxygens (including phenoxy) is 10. The Labute approximate surface area is 846 Å². The average Bonchev–Trinajstić information content (AvgIpc) is 1.57. The van der Waals surface area contributed by atoms with Crippen molar-refractivity contribution >= 4 is 85.8 Å². The van der Waals surface area contributed by atoms with Crippen LogP contribution >= 0.6 is 0 Å². The topological polar surface area (TPSA) is 345 Å². The van der Waals surface area contributed by atoms with Crippen molar-refractivity contribution in [2.24, 2.45) is 0 Å². The zero-order chi connectivity index (χ0) is 103. The molecule has 43 heteroatoms. The first kappa shape index (κ1) is 97.4. The molecule has 0 fully saturated rings. The van der Waals surface area contributed by atoms with Crippen LogP contribution in [0.25, 0.3) is 56.7 Å². The van der Waals surface area contributed by atoms with Crippen LogP contribution in [0.15, 0.2) is 168 Å². The molecule has 0 spiro atoms. The minimum atomic E-state index is -0.730. The molecule has 12 aromatic heterocycles. The van der Waals surface area contributed by atoms with Crippen LogP contribution in [0, 0.1) is 34.9 Å². The Bertz CT molecular complexity index is 7530. The average molecular weight is 2030 g/mol. The summed E-state index contributed by atoms with van der Waals surface area (Å²) in [6.07, 6.45) is 20.9. The van der Waals surface area contributed by atoms with E-state index in [0.29, 0.717) is 229 Å². The molecule has 0 aliphatic carbocycles. The number of nitrogens with one attached hydrogen (secondary N) is 5. The highest BCUT2D eigenvalue weighted by Crippen LogP contribution is 2.45. The summed E-state index contributed by atoms with van der Waals surface area (Å²) in [5.41, 5.74) is 14.1. The van der Waals surface area contributed by atoms with E-state index < -0.39 is 23.3 Å². The van der Waals surface area contributed by atoms with Crippen molar-refractivity contribution in [3.05, 3.63) is 258 Å². The first-order chi connectivity index (χ1) is 71.4. The van der Waals surface area contributed by atoms with E-state index in [1.54, 1.807) is 78.0 Å². The number of benzene rings is 3. The molecule has 15 aromatic rings. The predicted octanol–water partition coefficient (Wildman–Crippen LogP) is 14.7. The van der Waals surface area contributed by atoms with Gasteiger partial charge in [-0.15, -0.1) is 0 Å². The molecular formula is C105H111F6N27O10. The molecule has 10 aliphatic rings. The highest BCUT2D eigenvalue weighted by molar-refractivity contribution is 5.80. The van der Waals surface area contributed by atoms with Gasteiger partial charge in [0.25, 0.3) is 0 Å². The first-order valence-electron chi connectivity index (χ1n) is 49.2. The van der Waals surface area contributed by atoms with Crippen molar-refractivity contribution in [3.8, 4) is 57.8 Å². The van der Waals surface area contributed by atoms with E-state index in [2.05, 4.69) is 135 Å². The van der Waals surface area contributed by atoms with Gasteiger partial charge in [0.2, 0.25) is 11.8 Å². The van der Waals surface area contributed by atoms with E-state index in [9.17, 15) is 26.3 Å². The number of fused-ring (bicyclic) bond motifs is 5. The quantitative estimate of drug-likeness (QED) is 0.100. The smallest absolute Gasteiger partial charge is 0.218 e. The van der Waals surface area contributed by atoms with E-state index in [1.165, 1.54) is 48.8 Å². The van der Waals surface area contributed by atoms with Crippen LogP contribution in [-0.2, 0) is 32.7 Å². The first-order valence-corrected chi connectivity index (χ1v) is 49.2. The van der Waals surface area contributed by atoms with Crippen LogP contribution in [0.5, 0.6) is 57.8 Å². The largest absolute Gasteiger partial charge is 0.491 e. The highest BCUT2D eigenvalue weighted by Gasteiger charge is 2.39. The molecule has 0 saturated carbocycles. The maximum atomic E-state index is 14.7. The number of hydrogen-bond donors (Lipinski definition) is 5. The number of hydrogen-bond acceptors (Lipinski definition) is 32. The van der Waals surface area contributed by atoms with Gasteiger partial charge in [0.15, 0.2) is 97.6 Å². The highest BCUT2D eigenvalue weighted by atomic mass is 19.2. The third-order valence-corrected chi connectivity index (χ3v) is 27.1. The second-order valence-electron chi connectivity index (χ2n) is 38.2. The van der Waals surface area contributed by atoms with Crippen LogP contribution in [0.2, 0.25) is 0 Å². The Balaban J connectivity index is 0.000000108. The fourth-order valence-electron chi connectivity index (χ4n) is 19.0. The summed E-state index contributed by atoms with van der Waals surface area (Å²) in [6, 6.07) is 14.6. The van der Waals surface area contributed by atoms with Gasteiger partial charge in [-0.3, -0.25) is 0 Å². The summed E-state index contributed by atoms with van der Waals surface area (Å²) in [5, 5.41) is 38.4. The molecule has 3 aromatic carbocycles. The standard InChI is InChI=1S/C22H24FN5O2.C21H21F2N5O2.C21H23FN6O2.C21H22FN5O2.C20H21FN6O2/c1-4-17-12-29-20-11-28-21-18(9-25-28)14(3)24-8-13(2)30-19-6-5-16(23)7-15(19)10-27(17)22(20)26-21;1-11-10-29-18-9-28-20-16(7-25-28)13(3)24-6-12(2)30-19-14(4-15(22)5-17(19)23)8-27(11)21(18)26-20;1-4-16-11-29-18-10-28-19-17(8-25-28)13(3)23-6-12(2)30-21-14(5-15(22)7-24-21)9-27(16)20(18)26-19;1-12-10-28-18-5-4-16(22)6-15(18)8-26-13(2)11-29-19-9-27-20(25-21(19)26)17(7-23-27)14(3)24-12;1-11-10-28-17-9-27-18-16(7-24-27)13(3)22-5-12(2)29-20-14(4-15(21)6-23-20)8-26(11)19(17)25-18/h5-7,9,11,13,17,24H,3-4,8,10,12H2,1-2H3;4-5,7,9,11-12,24H,3,6,8,10H2,1-2H3;5,7-8,10,12,16,23H,3-4,6,9,11H2,1-2H3;4-7,9,12-13,24H,3,8,10-11H2,1-2H3;4,6-7,9,11-12,22H,3,5,8,10H2,1-2H3/t13-,17+;11-,12+;12-,16+;12-,13-;11-,12+/m01011/s1. The lowest BCUT2D eigenvalue weighted by Gasteiger charge is -2.37. The number of anilines is 5. The summed E-state index contributed by atoms with van der Waals surface area (Å²) in [5.74, 6) is 5.92. The van der Waals surface area contributed by atoms with Gasteiger partial charge in [-0.05, 0) is 123 Å². The number of aromatic nitrogens is 17. The molecule has 10 aliphatic heterocycles. The Kier molecular flexibility index (Phi) is 26.6. The van der Waals surface area contributed by atoms with Crippen molar-refractivity contribution < 1.29 is 73.7 Å². The fraction of sp³-hybridized carbons (Fsp3) is 0.352. The monoisotopic (exact) mass is 2020 g/mol. The van der Waals surface area contributed by atoms with Crippen molar-refractivity contribution in [1.82, 2.24) is 110 Å². The maximum absolute atomic E-state index is 14.7. The molecule has 0 unspecified atom stereocenters. The normalized spacial score (nSPS) is 21.2. The number of rotatable bonds is 2. The molecule has 37 nitrogen and oxygen atoms in total. The minimum Gasteiger partial charge on any atom is -0.491 e. The van der Waals surface area contributed by atoms with Crippen LogP contribution in [0.4, 0.5) is 55.4 Å². The van der Waals surface area contributed by atoms with Crippen molar-refractivity contribution in [2.45, 2.75) is 175 Å². The maximum Gasteiger partial charge on any atom is 0.218 e. The number of halogens is 6. The number of nitrogens with zero attached hydrogens (tertiary/aromatic N) is 22. The Morgan fingerprint density at radius 2 is 0.628 bits per heavy atom. The molecule has 25 rings (SSSR count). The van der Waals surface area contributed by atoms with Gasteiger partial charge >= 0.3 is 0 Å².